The standard InChI is InChI=1S/C26H30Cl2F2N4O3.H2S/c1-26(37,16-3-2-4-17(27)11-16)25(36)33-9-7-20(8-10-33)34-14-19(15-34)32-18-5-6-21(22(28)12-18)24(35)31-13-23(29)30;/h2-6,11-12,19-20,23,32,37H,7-10,13-15H2,1H3,(H,31,35);1H2/t26-;/m0./s1. The number of hydrogen-bond donors (Lipinski definition) is 3. The molecule has 208 valence electrons. The van der Waals surface area contributed by atoms with Crippen LogP contribution in [-0.4, -0.2) is 78.0 Å². The first-order valence-electron chi connectivity index (χ1n) is 12.2. The lowest BCUT2D eigenvalue weighted by Gasteiger charge is -2.48. The Bertz CT molecular complexity index is 1140. The minimum atomic E-state index is -2.62. The van der Waals surface area contributed by atoms with Crippen LogP contribution in [0.3, 0.4) is 0 Å². The van der Waals surface area contributed by atoms with Crippen LogP contribution in [0.25, 0.3) is 0 Å². The molecular weight excluding hydrogens is 557 g/mol. The number of rotatable bonds is 8. The van der Waals surface area contributed by atoms with Gasteiger partial charge in [0, 0.05) is 42.9 Å². The van der Waals surface area contributed by atoms with Gasteiger partial charge in [-0.1, -0.05) is 35.3 Å². The maximum atomic E-state index is 13.0. The summed E-state index contributed by atoms with van der Waals surface area (Å²) in [7, 11) is 0. The minimum Gasteiger partial charge on any atom is -0.380 e. The van der Waals surface area contributed by atoms with Gasteiger partial charge in [0.15, 0.2) is 5.60 Å². The number of hydrogen-bond acceptors (Lipinski definition) is 5. The number of benzene rings is 2. The van der Waals surface area contributed by atoms with E-state index in [4.69, 9.17) is 23.2 Å². The summed E-state index contributed by atoms with van der Waals surface area (Å²) in [5.74, 6) is -0.954. The highest BCUT2D eigenvalue weighted by molar-refractivity contribution is 7.59. The molecule has 0 saturated carbocycles. The lowest BCUT2D eigenvalue weighted by atomic mass is 9.92. The van der Waals surface area contributed by atoms with Crippen molar-refractivity contribution in [2.24, 2.45) is 0 Å². The fraction of sp³-hybridized carbons (Fsp3) is 0.462. The molecule has 7 nitrogen and oxygen atoms in total. The van der Waals surface area contributed by atoms with Gasteiger partial charge in [0.25, 0.3) is 18.2 Å². The molecule has 12 heteroatoms. The van der Waals surface area contributed by atoms with Gasteiger partial charge in [-0.3, -0.25) is 14.5 Å². The molecule has 0 spiro atoms. The molecule has 38 heavy (non-hydrogen) atoms. The molecule has 0 bridgehead atoms. The maximum absolute atomic E-state index is 13.0. The number of nitrogens with one attached hydrogen (secondary N) is 2. The quantitative estimate of drug-likeness (QED) is 0.432. The van der Waals surface area contributed by atoms with Gasteiger partial charge in [-0.05, 0) is 55.7 Å². The molecule has 3 N–H and O–H groups in total. The van der Waals surface area contributed by atoms with Crippen molar-refractivity contribution in [3.05, 3.63) is 63.6 Å². The second-order valence-electron chi connectivity index (χ2n) is 9.70. The normalized spacial score (nSPS) is 18.3. The number of piperidine rings is 1. The van der Waals surface area contributed by atoms with Gasteiger partial charge >= 0.3 is 0 Å². The lowest BCUT2D eigenvalue weighted by molar-refractivity contribution is -0.152. The van der Waals surface area contributed by atoms with E-state index in [-0.39, 0.29) is 36.0 Å². The smallest absolute Gasteiger partial charge is 0.258 e. The molecule has 2 aliphatic heterocycles. The van der Waals surface area contributed by atoms with Crippen molar-refractivity contribution < 1.29 is 23.5 Å². The summed E-state index contributed by atoms with van der Waals surface area (Å²) in [6.07, 6.45) is -0.988. The Kier molecular flexibility index (Phi) is 10.3. The van der Waals surface area contributed by atoms with Crippen LogP contribution in [0.4, 0.5) is 14.5 Å². The molecule has 2 aliphatic rings. The third-order valence-corrected chi connectivity index (χ3v) is 7.53. The van der Waals surface area contributed by atoms with Gasteiger partial charge in [-0.15, -0.1) is 0 Å². The Labute approximate surface area is 237 Å². The number of amides is 2. The van der Waals surface area contributed by atoms with E-state index in [1.54, 1.807) is 41.3 Å². The molecular formula is C26H32Cl2F2N4O3S. The summed E-state index contributed by atoms with van der Waals surface area (Å²) in [6, 6.07) is 12.1. The molecule has 2 amide bonds. The van der Waals surface area contributed by atoms with Crippen molar-refractivity contribution >= 4 is 54.2 Å². The molecule has 2 saturated heterocycles. The molecule has 0 aromatic heterocycles. The first-order chi connectivity index (χ1) is 17.5. The molecule has 0 unspecified atom stereocenters. The summed E-state index contributed by atoms with van der Waals surface area (Å²) in [5.41, 5.74) is -0.252. The van der Waals surface area contributed by atoms with E-state index in [2.05, 4.69) is 15.5 Å². The number of alkyl halides is 2. The van der Waals surface area contributed by atoms with Crippen LogP contribution in [0.1, 0.15) is 35.7 Å². The molecule has 0 aliphatic carbocycles. The zero-order valence-corrected chi connectivity index (χ0v) is 23.4. The van der Waals surface area contributed by atoms with Crippen molar-refractivity contribution in [2.75, 3.05) is 38.0 Å². The summed E-state index contributed by atoms with van der Waals surface area (Å²) in [4.78, 5) is 29.1. The van der Waals surface area contributed by atoms with Crippen molar-refractivity contribution in [3.63, 3.8) is 0 Å². The van der Waals surface area contributed by atoms with Crippen LogP contribution < -0.4 is 10.6 Å². The van der Waals surface area contributed by atoms with E-state index in [0.29, 0.717) is 29.7 Å². The Hall–Kier alpha value is -2.11. The zero-order valence-electron chi connectivity index (χ0n) is 20.9. The SMILES string of the molecule is C[C@@](O)(C(=O)N1CCC(N2CC(Nc3ccc(C(=O)NCC(F)F)c(Cl)c3)C2)CC1)c1cccc(Cl)c1.S. The Balaban J connectivity index is 0.00000400. The Morgan fingerprint density at radius 2 is 1.82 bits per heavy atom. The summed E-state index contributed by atoms with van der Waals surface area (Å²) in [5, 5.41) is 17.1. The predicted molar refractivity (Wildman–Crippen MR) is 150 cm³/mol. The molecule has 2 heterocycles. The average Bonchev–Trinajstić information content (AvgIpc) is 2.84. The second-order valence-corrected chi connectivity index (χ2v) is 10.5. The number of aliphatic hydroxyl groups is 1. The first-order valence-corrected chi connectivity index (χ1v) is 12.9. The highest BCUT2D eigenvalue weighted by atomic mass is 35.5. The van der Waals surface area contributed by atoms with Gasteiger partial charge < -0.3 is 20.6 Å². The van der Waals surface area contributed by atoms with E-state index in [0.717, 1.165) is 31.6 Å². The highest BCUT2D eigenvalue weighted by Crippen LogP contribution is 2.30. The second kappa shape index (κ2) is 12.8. The van der Waals surface area contributed by atoms with Crippen LogP contribution in [0.15, 0.2) is 42.5 Å². The number of halogens is 4. The molecule has 2 fully saturated rings. The molecule has 0 radical (unpaired) electrons. The van der Waals surface area contributed by atoms with Crippen LogP contribution in [0.2, 0.25) is 10.0 Å². The first kappa shape index (κ1) is 30.4. The van der Waals surface area contributed by atoms with Crippen molar-refractivity contribution in [1.29, 1.82) is 0 Å². The summed E-state index contributed by atoms with van der Waals surface area (Å²) >= 11 is 12.2. The summed E-state index contributed by atoms with van der Waals surface area (Å²) < 4.78 is 24.6. The van der Waals surface area contributed by atoms with Crippen molar-refractivity contribution in [1.82, 2.24) is 15.1 Å². The third kappa shape index (κ3) is 7.09. The third-order valence-electron chi connectivity index (χ3n) is 6.98. The van der Waals surface area contributed by atoms with Crippen LogP contribution >= 0.6 is 36.7 Å². The Morgan fingerprint density at radius 3 is 2.42 bits per heavy atom. The number of nitrogens with zero attached hydrogens (tertiary/aromatic N) is 2. The van der Waals surface area contributed by atoms with E-state index in [1.165, 1.54) is 13.0 Å². The molecule has 4 rings (SSSR count). The zero-order chi connectivity index (χ0) is 26.7. The van der Waals surface area contributed by atoms with E-state index >= 15 is 0 Å². The van der Waals surface area contributed by atoms with E-state index in [9.17, 15) is 23.5 Å². The van der Waals surface area contributed by atoms with Crippen LogP contribution in [-0.2, 0) is 10.4 Å². The molecule has 1 atom stereocenters. The van der Waals surface area contributed by atoms with Gasteiger partial charge in [0.1, 0.15) is 0 Å². The number of carbonyl (C=O) groups is 2. The number of likely N-dealkylation sites (tertiary alicyclic amines) is 2. The van der Waals surface area contributed by atoms with Gasteiger partial charge in [0.2, 0.25) is 0 Å². The molecule has 2 aromatic rings. The Morgan fingerprint density at radius 1 is 1.13 bits per heavy atom. The van der Waals surface area contributed by atoms with Crippen LogP contribution in [0, 0.1) is 0 Å². The fourth-order valence-electron chi connectivity index (χ4n) is 4.85. The molecule has 2 aromatic carbocycles. The van der Waals surface area contributed by atoms with Gasteiger partial charge in [0.05, 0.1) is 23.2 Å². The van der Waals surface area contributed by atoms with Crippen molar-refractivity contribution in [3.8, 4) is 0 Å². The van der Waals surface area contributed by atoms with Gasteiger partial charge in [-0.2, -0.15) is 13.5 Å². The maximum Gasteiger partial charge on any atom is 0.258 e. The van der Waals surface area contributed by atoms with Gasteiger partial charge in [-0.25, -0.2) is 8.78 Å². The van der Waals surface area contributed by atoms with Crippen LogP contribution in [0.5, 0.6) is 0 Å². The van der Waals surface area contributed by atoms with E-state index < -0.39 is 24.5 Å². The minimum absolute atomic E-state index is 0. The number of anilines is 1. The van der Waals surface area contributed by atoms with E-state index in [1.807, 2.05) is 0 Å². The predicted octanol–water partition coefficient (Wildman–Crippen LogP) is 4.10. The topological polar surface area (TPSA) is 84.9 Å². The average molecular weight is 590 g/mol. The fourth-order valence-corrected chi connectivity index (χ4v) is 5.31. The summed E-state index contributed by atoms with van der Waals surface area (Å²) in [6.45, 7) is 3.58. The van der Waals surface area contributed by atoms with Crippen molar-refractivity contribution in [2.45, 2.75) is 43.9 Å². The largest absolute Gasteiger partial charge is 0.380 e. The number of carbonyl (C=O) groups excluding carboxylic acids is 2. The monoisotopic (exact) mass is 588 g/mol. The highest BCUT2D eigenvalue weighted by Gasteiger charge is 2.40. The lowest BCUT2D eigenvalue weighted by Crippen LogP contribution is -2.61.